The van der Waals surface area contributed by atoms with Gasteiger partial charge in [0.15, 0.2) is 0 Å². The first-order valence-corrected chi connectivity index (χ1v) is 6.89. The Morgan fingerprint density at radius 3 is 2.79 bits per heavy atom. The summed E-state index contributed by atoms with van der Waals surface area (Å²) in [6.45, 7) is 5.20. The van der Waals surface area contributed by atoms with Crippen LogP contribution in [0.3, 0.4) is 0 Å². The second kappa shape index (κ2) is 5.99. The third kappa shape index (κ3) is 3.79. The molecule has 0 aromatic rings. The number of rotatable bonds is 6. The molecule has 3 heteroatoms. The Balaban J connectivity index is 2.23. The molecule has 0 amide bonds. The van der Waals surface area contributed by atoms with Gasteiger partial charge in [0.2, 0.25) is 0 Å². The maximum absolute atomic E-state index is 10.1. The van der Waals surface area contributed by atoms with E-state index in [2.05, 4.69) is 19.2 Å². The average molecular weight is 217 g/mol. The molecule has 0 spiro atoms. The number of aliphatic hydroxyl groups is 1. The van der Waals surface area contributed by atoms with Gasteiger partial charge >= 0.3 is 0 Å². The van der Waals surface area contributed by atoms with Gasteiger partial charge < -0.3 is 10.4 Å². The second-order valence-electron chi connectivity index (χ2n) is 4.30. The molecule has 0 aliphatic carbocycles. The molecule has 1 heterocycles. The van der Waals surface area contributed by atoms with Crippen molar-refractivity contribution in [3.05, 3.63) is 0 Å². The summed E-state index contributed by atoms with van der Waals surface area (Å²) in [6, 6.07) is 0.592. The molecule has 1 saturated heterocycles. The van der Waals surface area contributed by atoms with Crippen LogP contribution in [0.15, 0.2) is 0 Å². The van der Waals surface area contributed by atoms with E-state index < -0.39 is 5.60 Å². The highest BCUT2D eigenvalue weighted by atomic mass is 32.2. The maximum Gasteiger partial charge on any atom is 0.0869 e. The first kappa shape index (κ1) is 12.3. The molecule has 14 heavy (non-hydrogen) atoms. The molecule has 1 rings (SSSR count). The fourth-order valence-electron chi connectivity index (χ4n) is 1.87. The minimum absolute atomic E-state index is 0.425. The van der Waals surface area contributed by atoms with Crippen molar-refractivity contribution in [2.24, 2.45) is 0 Å². The molecule has 2 nitrogen and oxygen atoms in total. The minimum Gasteiger partial charge on any atom is -0.388 e. The monoisotopic (exact) mass is 217 g/mol. The summed E-state index contributed by atoms with van der Waals surface area (Å²) >= 11 is 1.86. The van der Waals surface area contributed by atoms with E-state index in [1.165, 1.54) is 12.8 Å². The highest BCUT2D eigenvalue weighted by molar-refractivity contribution is 7.99. The Labute approximate surface area is 91.9 Å². The van der Waals surface area contributed by atoms with Crippen LogP contribution in [0.25, 0.3) is 0 Å². The van der Waals surface area contributed by atoms with Gasteiger partial charge in [-0.3, -0.25) is 0 Å². The summed E-state index contributed by atoms with van der Waals surface area (Å²) in [5.74, 6) is 2.02. The molecule has 2 atom stereocenters. The predicted molar refractivity (Wildman–Crippen MR) is 63.9 cm³/mol. The zero-order valence-electron chi connectivity index (χ0n) is 9.38. The largest absolute Gasteiger partial charge is 0.388 e. The zero-order chi connectivity index (χ0) is 10.4. The zero-order valence-corrected chi connectivity index (χ0v) is 10.2. The minimum atomic E-state index is -0.425. The Morgan fingerprint density at radius 2 is 2.29 bits per heavy atom. The second-order valence-corrected chi connectivity index (χ2v) is 5.41. The fourth-order valence-corrected chi connectivity index (χ4v) is 3.16. The third-order valence-corrected chi connectivity index (χ3v) is 4.17. The molecule has 1 aliphatic heterocycles. The first-order valence-electron chi connectivity index (χ1n) is 5.73. The van der Waals surface area contributed by atoms with Crippen molar-refractivity contribution < 1.29 is 5.11 Å². The Hall–Kier alpha value is 0.270. The predicted octanol–water partition coefficient (Wildman–Crippen LogP) is 2.02. The van der Waals surface area contributed by atoms with Crippen molar-refractivity contribution >= 4 is 11.8 Å². The topological polar surface area (TPSA) is 32.3 Å². The summed E-state index contributed by atoms with van der Waals surface area (Å²) in [7, 11) is 0. The SMILES string of the molecule is CCCC(CC)NCC1(O)CCSC1. The standard InChI is InChI=1S/C11H23NOS/c1-3-5-10(4-2)12-8-11(13)6-7-14-9-11/h10,12-13H,3-9H2,1-2H3. The lowest BCUT2D eigenvalue weighted by molar-refractivity contribution is 0.0640. The average Bonchev–Trinajstić information content (AvgIpc) is 2.60. The van der Waals surface area contributed by atoms with E-state index >= 15 is 0 Å². The van der Waals surface area contributed by atoms with Crippen LogP contribution in [0.2, 0.25) is 0 Å². The van der Waals surface area contributed by atoms with Gasteiger partial charge in [-0.25, -0.2) is 0 Å². The van der Waals surface area contributed by atoms with Crippen LogP contribution in [0.5, 0.6) is 0 Å². The van der Waals surface area contributed by atoms with Crippen LogP contribution in [0.4, 0.5) is 0 Å². The molecule has 2 N–H and O–H groups in total. The van der Waals surface area contributed by atoms with Crippen LogP contribution in [0, 0.1) is 0 Å². The molecule has 2 unspecified atom stereocenters. The van der Waals surface area contributed by atoms with Gasteiger partial charge in [0, 0.05) is 18.3 Å². The highest BCUT2D eigenvalue weighted by Gasteiger charge is 2.31. The molecule has 1 fully saturated rings. The van der Waals surface area contributed by atoms with Gasteiger partial charge in [0.25, 0.3) is 0 Å². The number of hydrogen-bond donors (Lipinski definition) is 2. The van der Waals surface area contributed by atoms with E-state index in [-0.39, 0.29) is 0 Å². The van der Waals surface area contributed by atoms with Gasteiger partial charge in [0.05, 0.1) is 5.60 Å². The molecule has 0 bridgehead atoms. The summed E-state index contributed by atoms with van der Waals surface area (Å²) in [5, 5.41) is 13.6. The van der Waals surface area contributed by atoms with Gasteiger partial charge in [-0.15, -0.1) is 0 Å². The Bertz CT molecular complexity index is 157. The van der Waals surface area contributed by atoms with Crippen molar-refractivity contribution in [3.63, 3.8) is 0 Å². The normalized spacial score (nSPS) is 29.4. The third-order valence-electron chi connectivity index (χ3n) is 2.93. The molecule has 0 saturated carbocycles. The van der Waals surface area contributed by atoms with Gasteiger partial charge in [-0.05, 0) is 25.0 Å². The van der Waals surface area contributed by atoms with Crippen LogP contribution in [-0.4, -0.2) is 34.8 Å². The number of thioether (sulfide) groups is 1. The molecule has 1 aliphatic rings. The smallest absolute Gasteiger partial charge is 0.0869 e. The summed E-state index contributed by atoms with van der Waals surface area (Å²) in [6.07, 6.45) is 4.56. The van der Waals surface area contributed by atoms with Gasteiger partial charge in [0.1, 0.15) is 0 Å². The lowest BCUT2D eigenvalue weighted by Crippen LogP contribution is -2.44. The lowest BCUT2D eigenvalue weighted by Gasteiger charge is -2.25. The van der Waals surface area contributed by atoms with Crippen molar-refractivity contribution in [2.45, 2.75) is 51.2 Å². The van der Waals surface area contributed by atoms with Crippen molar-refractivity contribution in [3.8, 4) is 0 Å². The first-order chi connectivity index (χ1) is 6.70. The van der Waals surface area contributed by atoms with E-state index in [4.69, 9.17) is 0 Å². The molecule has 0 aromatic carbocycles. The number of hydrogen-bond acceptors (Lipinski definition) is 3. The summed E-state index contributed by atoms with van der Waals surface area (Å²) < 4.78 is 0. The maximum atomic E-state index is 10.1. The summed E-state index contributed by atoms with van der Waals surface area (Å²) in [4.78, 5) is 0. The van der Waals surface area contributed by atoms with Gasteiger partial charge in [-0.1, -0.05) is 20.3 Å². The van der Waals surface area contributed by atoms with Crippen LogP contribution in [-0.2, 0) is 0 Å². The molecular formula is C11H23NOS. The van der Waals surface area contributed by atoms with Crippen LogP contribution in [0.1, 0.15) is 39.5 Å². The molecule has 0 aromatic heterocycles. The fraction of sp³-hybridized carbons (Fsp3) is 1.00. The quantitative estimate of drug-likeness (QED) is 0.714. The van der Waals surface area contributed by atoms with E-state index in [1.54, 1.807) is 0 Å². The van der Waals surface area contributed by atoms with E-state index in [0.29, 0.717) is 6.04 Å². The van der Waals surface area contributed by atoms with E-state index in [1.807, 2.05) is 11.8 Å². The van der Waals surface area contributed by atoms with E-state index in [0.717, 1.165) is 30.9 Å². The summed E-state index contributed by atoms with van der Waals surface area (Å²) in [5.41, 5.74) is -0.425. The van der Waals surface area contributed by atoms with Crippen molar-refractivity contribution in [1.29, 1.82) is 0 Å². The van der Waals surface area contributed by atoms with E-state index in [9.17, 15) is 5.11 Å². The Morgan fingerprint density at radius 1 is 1.50 bits per heavy atom. The van der Waals surface area contributed by atoms with Crippen molar-refractivity contribution in [1.82, 2.24) is 5.32 Å². The van der Waals surface area contributed by atoms with Crippen LogP contribution < -0.4 is 5.32 Å². The lowest BCUT2D eigenvalue weighted by atomic mass is 10.0. The highest BCUT2D eigenvalue weighted by Crippen LogP contribution is 2.27. The molecular weight excluding hydrogens is 194 g/mol. The number of nitrogens with one attached hydrogen (secondary N) is 1. The van der Waals surface area contributed by atoms with Gasteiger partial charge in [-0.2, -0.15) is 11.8 Å². The van der Waals surface area contributed by atoms with Crippen LogP contribution >= 0.6 is 11.8 Å². The molecule has 0 radical (unpaired) electrons. The Kier molecular flexibility index (Phi) is 5.28. The van der Waals surface area contributed by atoms with Crippen molar-refractivity contribution in [2.75, 3.05) is 18.1 Å². The molecule has 84 valence electrons.